The molecule has 1 fully saturated rings. The van der Waals surface area contributed by atoms with Crippen LogP contribution in [0.2, 0.25) is 5.02 Å². The molecule has 2 aromatic rings. The molecule has 2 aliphatic heterocycles. The molecule has 2 amide bonds. The number of halogens is 2. The van der Waals surface area contributed by atoms with E-state index in [0.29, 0.717) is 43.4 Å². The van der Waals surface area contributed by atoms with E-state index in [9.17, 15) is 14.0 Å². The highest BCUT2D eigenvalue weighted by Crippen LogP contribution is 2.39. The average molecular weight is 417 g/mol. The maximum atomic E-state index is 14.0. The molecule has 29 heavy (non-hydrogen) atoms. The van der Waals surface area contributed by atoms with E-state index in [1.165, 1.54) is 6.07 Å². The highest BCUT2D eigenvalue weighted by molar-refractivity contribution is 6.31. The number of primary amides is 1. The summed E-state index contributed by atoms with van der Waals surface area (Å²) in [6, 6.07) is 12.0. The van der Waals surface area contributed by atoms with Gasteiger partial charge < -0.3 is 20.4 Å². The molecule has 0 bridgehead atoms. The van der Waals surface area contributed by atoms with Gasteiger partial charge in [-0.25, -0.2) is 4.39 Å². The number of nitrogens with two attached hydrogens (primary N) is 1. The molecule has 0 aliphatic carbocycles. The largest absolute Gasteiger partial charge is 0.368 e. The number of hydrogen-bond donors (Lipinski definition) is 1. The molecule has 2 N–H and O–H groups in total. The van der Waals surface area contributed by atoms with Gasteiger partial charge in [0.2, 0.25) is 11.8 Å². The standard InChI is InChI=1S/C21H22ClFN4O2/c22-14-5-6-15-16(12-27(13-20(24)28)19(15)11-14)21(29)26-9-7-25(8-10-26)18-4-2-1-3-17(18)23/h1-6,11,16H,7-10,12-13H2,(H2,24,28). The summed E-state index contributed by atoms with van der Waals surface area (Å²) in [7, 11) is 0. The van der Waals surface area contributed by atoms with Crippen LogP contribution in [0.5, 0.6) is 0 Å². The van der Waals surface area contributed by atoms with E-state index in [2.05, 4.69) is 0 Å². The van der Waals surface area contributed by atoms with Gasteiger partial charge in [-0.1, -0.05) is 29.8 Å². The Balaban J connectivity index is 1.48. The van der Waals surface area contributed by atoms with E-state index >= 15 is 0 Å². The molecule has 6 nitrogen and oxygen atoms in total. The van der Waals surface area contributed by atoms with E-state index < -0.39 is 5.91 Å². The maximum absolute atomic E-state index is 14.0. The SMILES string of the molecule is NC(=O)CN1CC(C(=O)N2CCN(c3ccccc3F)CC2)c2ccc(Cl)cc21. The average Bonchev–Trinajstić information content (AvgIpc) is 3.05. The molecular weight excluding hydrogens is 395 g/mol. The van der Waals surface area contributed by atoms with Crippen molar-refractivity contribution < 1.29 is 14.0 Å². The van der Waals surface area contributed by atoms with Crippen molar-refractivity contribution in [2.75, 3.05) is 49.1 Å². The van der Waals surface area contributed by atoms with E-state index in [0.717, 1.165) is 11.3 Å². The molecule has 2 heterocycles. The first kappa shape index (κ1) is 19.5. The number of nitrogens with zero attached hydrogens (tertiary/aromatic N) is 3. The number of amides is 2. The van der Waals surface area contributed by atoms with Crippen LogP contribution < -0.4 is 15.5 Å². The Morgan fingerprint density at radius 3 is 2.48 bits per heavy atom. The van der Waals surface area contributed by atoms with Crippen LogP contribution in [0.4, 0.5) is 15.8 Å². The molecule has 0 spiro atoms. The lowest BCUT2D eigenvalue weighted by atomic mass is 9.99. The first-order valence-electron chi connectivity index (χ1n) is 9.55. The summed E-state index contributed by atoms with van der Waals surface area (Å²) in [6.07, 6.45) is 0. The first-order chi connectivity index (χ1) is 13.9. The third kappa shape index (κ3) is 3.87. The quantitative estimate of drug-likeness (QED) is 0.829. The predicted octanol–water partition coefficient (Wildman–Crippen LogP) is 2.22. The predicted molar refractivity (Wildman–Crippen MR) is 111 cm³/mol. The van der Waals surface area contributed by atoms with Gasteiger partial charge in [0.15, 0.2) is 0 Å². The molecule has 0 radical (unpaired) electrons. The smallest absolute Gasteiger partial charge is 0.236 e. The zero-order valence-electron chi connectivity index (χ0n) is 15.9. The number of rotatable bonds is 4. The van der Waals surface area contributed by atoms with Gasteiger partial charge in [-0.15, -0.1) is 0 Å². The lowest BCUT2D eigenvalue weighted by molar-refractivity contribution is -0.132. The van der Waals surface area contributed by atoms with Gasteiger partial charge in [-0.3, -0.25) is 9.59 Å². The molecule has 152 valence electrons. The van der Waals surface area contributed by atoms with Gasteiger partial charge in [-0.2, -0.15) is 0 Å². The lowest BCUT2D eigenvalue weighted by Crippen LogP contribution is -2.50. The fraction of sp³-hybridized carbons (Fsp3) is 0.333. The van der Waals surface area contributed by atoms with Crippen molar-refractivity contribution in [1.82, 2.24) is 4.90 Å². The number of carbonyl (C=O) groups excluding carboxylic acids is 2. The van der Waals surface area contributed by atoms with Crippen LogP contribution in [0.1, 0.15) is 11.5 Å². The normalized spacial score (nSPS) is 18.7. The topological polar surface area (TPSA) is 69.9 Å². The van der Waals surface area contributed by atoms with E-state index in [1.807, 2.05) is 26.8 Å². The molecule has 1 unspecified atom stereocenters. The van der Waals surface area contributed by atoms with Crippen LogP contribution in [0.25, 0.3) is 0 Å². The van der Waals surface area contributed by atoms with E-state index in [-0.39, 0.29) is 24.2 Å². The van der Waals surface area contributed by atoms with Crippen LogP contribution >= 0.6 is 11.6 Å². The third-order valence-corrected chi connectivity index (χ3v) is 5.78. The van der Waals surface area contributed by atoms with Crippen molar-refractivity contribution in [3.63, 3.8) is 0 Å². The number of carbonyl (C=O) groups is 2. The monoisotopic (exact) mass is 416 g/mol. The van der Waals surface area contributed by atoms with Crippen LogP contribution in [-0.4, -0.2) is 56.0 Å². The maximum Gasteiger partial charge on any atom is 0.236 e. The molecule has 1 atom stereocenters. The first-order valence-corrected chi connectivity index (χ1v) is 9.93. The molecular formula is C21H22ClFN4O2. The fourth-order valence-electron chi connectivity index (χ4n) is 4.15. The Hall–Kier alpha value is -2.80. The number of fused-ring (bicyclic) bond motifs is 1. The Labute approximate surface area is 173 Å². The minimum atomic E-state index is -0.456. The van der Waals surface area contributed by atoms with Crippen molar-refractivity contribution >= 4 is 34.8 Å². The van der Waals surface area contributed by atoms with Crippen LogP contribution in [0.15, 0.2) is 42.5 Å². The molecule has 0 aromatic heterocycles. The highest BCUT2D eigenvalue weighted by atomic mass is 35.5. The minimum Gasteiger partial charge on any atom is -0.368 e. The van der Waals surface area contributed by atoms with E-state index in [4.69, 9.17) is 17.3 Å². The van der Waals surface area contributed by atoms with Gasteiger partial charge >= 0.3 is 0 Å². The van der Waals surface area contributed by atoms with Gasteiger partial charge in [-0.05, 0) is 29.8 Å². The fourth-order valence-corrected chi connectivity index (χ4v) is 4.31. The van der Waals surface area contributed by atoms with Gasteiger partial charge in [0, 0.05) is 43.4 Å². The number of para-hydroxylation sites is 1. The lowest BCUT2D eigenvalue weighted by Gasteiger charge is -2.37. The Kier molecular flexibility index (Phi) is 5.32. The Morgan fingerprint density at radius 1 is 1.07 bits per heavy atom. The Morgan fingerprint density at radius 2 is 1.79 bits per heavy atom. The number of anilines is 2. The van der Waals surface area contributed by atoms with Gasteiger partial charge in [0.1, 0.15) is 5.82 Å². The zero-order chi connectivity index (χ0) is 20.5. The molecule has 4 rings (SSSR count). The van der Waals surface area contributed by atoms with Crippen LogP contribution in [0.3, 0.4) is 0 Å². The summed E-state index contributed by atoms with van der Waals surface area (Å²) in [5.74, 6) is -1.08. The van der Waals surface area contributed by atoms with E-state index in [1.54, 1.807) is 24.3 Å². The highest BCUT2D eigenvalue weighted by Gasteiger charge is 2.37. The Bertz CT molecular complexity index is 946. The number of hydrogen-bond acceptors (Lipinski definition) is 4. The summed E-state index contributed by atoms with van der Waals surface area (Å²) in [6.45, 7) is 2.60. The summed E-state index contributed by atoms with van der Waals surface area (Å²) < 4.78 is 14.0. The van der Waals surface area contributed by atoms with Crippen molar-refractivity contribution in [1.29, 1.82) is 0 Å². The minimum absolute atomic E-state index is 0.00808. The number of benzene rings is 2. The molecule has 0 saturated carbocycles. The molecule has 2 aromatic carbocycles. The van der Waals surface area contributed by atoms with Crippen LogP contribution in [0, 0.1) is 5.82 Å². The van der Waals surface area contributed by atoms with Gasteiger partial charge in [0.05, 0.1) is 18.2 Å². The summed E-state index contributed by atoms with van der Waals surface area (Å²) in [5.41, 5.74) is 7.57. The summed E-state index contributed by atoms with van der Waals surface area (Å²) >= 11 is 6.11. The zero-order valence-corrected chi connectivity index (χ0v) is 16.6. The molecule has 1 saturated heterocycles. The second kappa shape index (κ2) is 7.91. The molecule has 8 heteroatoms. The number of piperazine rings is 1. The summed E-state index contributed by atoms with van der Waals surface area (Å²) in [5, 5.41) is 0.546. The van der Waals surface area contributed by atoms with Crippen molar-refractivity contribution in [3.05, 3.63) is 58.9 Å². The van der Waals surface area contributed by atoms with Crippen LogP contribution in [-0.2, 0) is 9.59 Å². The second-order valence-corrected chi connectivity index (χ2v) is 7.80. The van der Waals surface area contributed by atoms with Crippen molar-refractivity contribution in [2.24, 2.45) is 5.73 Å². The second-order valence-electron chi connectivity index (χ2n) is 7.37. The van der Waals surface area contributed by atoms with Crippen molar-refractivity contribution in [2.45, 2.75) is 5.92 Å². The summed E-state index contributed by atoms with van der Waals surface area (Å²) in [4.78, 5) is 30.3. The van der Waals surface area contributed by atoms with Gasteiger partial charge in [0.25, 0.3) is 0 Å². The van der Waals surface area contributed by atoms with Crippen molar-refractivity contribution in [3.8, 4) is 0 Å². The molecule has 2 aliphatic rings. The third-order valence-electron chi connectivity index (χ3n) is 5.54.